The van der Waals surface area contributed by atoms with E-state index in [1.807, 2.05) is 54.6 Å². The fraction of sp³-hybridized carbons (Fsp3) is 0.444. The highest BCUT2D eigenvalue weighted by atomic mass is 16.7. The summed E-state index contributed by atoms with van der Waals surface area (Å²) in [6.45, 7) is 8.96. The van der Waals surface area contributed by atoms with Gasteiger partial charge in [-0.15, -0.1) is 0 Å². The summed E-state index contributed by atoms with van der Waals surface area (Å²) in [4.78, 5) is 26.3. The van der Waals surface area contributed by atoms with Gasteiger partial charge in [0.25, 0.3) is 0 Å². The lowest BCUT2D eigenvalue weighted by Crippen LogP contribution is -2.73. The van der Waals surface area contributed by atoms with Crippen molar-refractivity contribution in [2.45, 2.75) is 89.8 Å². The molecule has 4 fully saturated rings. The quantitative estimate of drug-likeness (QED) is 0.213. The van der Waals surface area contributed by atoms with Crippen molar-refractivity contribution in [2.24, 2.45) is 11.3 Å². The van der Waals surface area contributed by atoms with Crippen molar-refractivity contribution < 1.29 is 18.9 Å². The second kappa shape index (κ2) is 11.1. The predicted octanol–water partition coefficient (Wildman–Crippen LogP) is 7.02. The molecule has 218 valence electrons. The number of aryl methyl sites for hydroxylation is 1. The molecule has 0 radical (unpaired) electrons. The van der Waals surface area contributed by atoms with Gasteiger partial charge in [-0.1, -0.05) is 99.6 Å². The SMILES string of the molecule is CCc1cccc(C[C@H](NC(=O)CCC(=O)c2ccc(-c3ccccc3)cc2)B2OC3(C)CCC4CC3(O2)C4(C)C)c1. The highest BCUT2D eigenvalue weighted by molar-refractivity contribution is 6.48. The smallest absolute Gasteiger partial charge is 0.402 e. The number of Topliss-reactive ketones (excluding diaryl/α,β-unsaturated/α-hetero) is 1. The van der Waals surface area contributed by atoms with E-state index in [-0.39, 0.29) is 47.1 Å². The molecule has 3 aromatic carbocycles. The zero-order valence-corrected chi connectivity index (χ0v) is 25.3. The molecule has 6 heteroatoms. The Labute approximate surface area is 250 Å². The van der Waals surface area contributed by atoms with Crippen molar-refractivity contribution in [3.63, 3.8) is 0 Å². The second-order valence-electron chi connectivity index (χ2n) is 13.2. The van der Waals surface area contributed by atoms with E-state index in [1.165, 1.54) is 5.56 Å². The average molecular weight is 564 g/mol. The van der Waals surface area contributed by atoms with Gasteiger partial charge in [0, 0.05) is 18.4 Å². The number of benzene rings is 3. The Balaban J connectivity index is 1.14. The van der Waals surface area contributed by atoms with Crippen LogP contribution in [0, 0.1) is 11.3 Å². The molecule has 1 N–H and O–H groups in total. The van der Waals surface area contributed by atoms with Crippen molar-refractivity contribution in [2.75, 3.05) is 0 Å². The number of nitrogens with one attached hydrogen (secondary N) is 1. The standard InChI is InChI=1S/C36H42BNO4/c1-5-25-10-9-11-26(22-25)23-32(37-41-35(4)21-20-30-24-36(35,42-37)34(30,2)3)38-33(40)19-18-31(39)29-16-14-28(15-17-29)27-12-7-6-8-13-27/h6-17,22,30,32H,5,18-21,23-24H2,1-4H3,(H,38,40)/t30?,32-,35?,36?/m0/s1. The van der Waals surface area contributed by atoms with E-state index in [0.717, 1.165) is 42.4 Å². The number of hydrogen-bond acceptors (Lipinski definition) is 4. The van der Waals surface area contributed by atoms with Gasteiger partial charge in [0.2, 0.25) is 5.91 Å². The second-order valence-corrected chi connectivity index (χ2v) is 13.2. The number of amides is 1. The van der Waals surface area contributed by atoms with Crippen LogP contribution in [0.3, 0.4) is 0 Å². The number of fused-ring (bicyclic) bond motifs is 1. The first-order chi connectivity index (χ1) is 20.1. The number of ketones is 1. The molecule has 7 rings (SSSR count). The van der Waals surface area contributed by atoms with Gasteiger partial charge in [0.05, 0.1) is 17.1 Å². The van der Waals surface area contributed by atoms with E-state index in [1.54, 1.807) is 0 Å². The predicted molar refractivity (Wildman–Crippen MR) is 167 cm³/mol. The Morgan fingerprint density at radius 1 is 0.905 bits per heavy atom. The third-order valence-electron chi connectivity index (χ3n) is 10.5. The maximum absolute atomic E-state index is 13.3. The lowest BCUT2D eigenvalue weighted by atomic mass is 9.41. The fourth-order valence-corrected chi connectivity index (χ4v) is 7.77. The zero-order valence-electron chi connectivity index (χ0n) is 25.3. The molecule has 0 aromatic heterocycles. The molecule has 1 amide bonds. The first-order valence-electron chi connectivity index (χ1n) is 15.6. The first kappa shape index (κ1) is 28.9. The minimum atomic E-state index is -0.538. The van der Waals surface area contributed by atoms with Crippen molar-refractivity contribution in [3.8, 4) is 11.1 Å². The molecule has 2 bridgehead atoms. The third kappa shape index (κ3) is 5.03. The van der Waals surface area contributed by atoms with Gasteiger partial charge in [-0.25, -0.2) is 0 Å². The summed E-state index contributed by atoms with van der Waals surface area (Å²) in [7, 11) is -0.538. The molecule has 1 aliphatic heterocycles. The summed E-state index contributed by atoms with van der Waals surface area (Å²) in [6.07, 6.45) is 4.95. The largest absolute Gasteiger partial charge is 0.482 e. The number of carbonyl (C=O) groups excluding carboxylic acids is 2. The lowest BCUT2D eigenvalue weighted by Gasteiger charge is -2.69. The topological polar surface area (TPSA) is 64.6 Å². The van der Waals surface area contributed by atoms with Crippen molar-refractivity contribution in [1.29, 1.82) is 0 Å². The van der Waals surface area contributed by atoms with Gasteiger partial charge in [0.1, 0.15) is 0 Å². The van der Waals surface area contributed by atoms with E-state index in [0.29, 0.717) is 17.9 Å². The fourth-order valence-electron chi connectivity index (χ4n) is 7.77. The molecular formula is C36H42BNO4. The number of carbonyl (C=O) groups is 2. The summed E-state index contributed by atoms with van der Waals surface area (Å²) in [6, 6.07) is 26.2. The highest BCUT2D eigenvalue weighted by Gasteiger charge is 2.76. The Kier molecular flexibility index (Phi) is 7.65. The van der Waals surface area contributed by atoms with Crippen LogP contribution < -0.4 is 5.32 Å². The van der Waals surface area contributed by atoms with Gasteiger partial charge >= 0.3 is 7.12 Å². The van der Waals surface area contributed by atoms with Crippen molar-refractivity contribution in [3.05, 3.63) is 95.6 Å². The van der Waals surface area contributed by atoms with Gasteiger partial charge in [-0.05, 0) is 72.6 Å². The molecule has 5 nitrogen and oxygen atoms in total. The number of hydrogen-bond donors (Lipinski definition) is 1. The molecule has 4 atom stereocenters. The van der Waals surface area contributed by atoms with Crippen molar-refractivity contribution in [1.82, 2.24) is 5.32 Å². The monoisotopic (exact) mass is 563 g/mol. The summed E-state index contributed by atoms with van der Waals surface area (Å²) < 4.78 is 13.6. The summed E-state index contributed by atoms with van der Waals surface area (Å²) in [5, 5.41) is 3.23. The molecule has 3 saturated carbocycles. The molecule has 1 spiro atoms. The highest BCUT2D eigenvalue weighted by Crippen LogP contribution is 2.70. The third-order valence-corrected chi connectivity index (χ3v) is 10.5. The number of rotatable bonds is 10. The lowest BCUT2D eigenvalue weighted by molar-refractivity contribution is -0.257. The summed E-state index contributed by atoms with van der Waals surface area (Å²) in [5.41, 5.74) is 4.53. The van der Waals surface area contributed by atoms with Gasteiger partial charge in [0.15, 0.2) is 5.78 Å². The molecule has 3 aliphatic carbocycles. The Morgan fingerprint density at radius 2 is 1.62 bits per heavy atom. The van der Waals surface area contributed by atoms with E-state index in [4.69, 9.17) is 9.31 Å². The molecule has 1 saturated heterocycles. The van der Waals surface area contributed by atoms with Crippen LogP contribution in [0.2, 0.25) is 0 Å². The maximum Gasteiger partial charge on any atom is 0.482 e. The van der Waals surface area contributed by atoms with Gasteiger partial charge in [-0.3, -0.25) is 9.59 Å². The zero-order chi connectivity index (χ0) is 29.5. The molecule has 1 heterocycles. The van der Waals surface area contributed by atoms with E-state index < -0.39 is 7.12 Å². The molecule has 3 aromatic rings. The summed E-state index contributed by atoms with van der Waals surface area (Å²) >= 11 is 0. The van der Waals surface area contributed by atoms with Crippen LogP contribution in [-0.2, 0) is 26.9 Å². The van der Waals surface area contributed by atoms with Gasteiger partial charge < -0.3 is 14.6 Å². The Morgan fingerprint density at radius 3 is 2.31 bits per heavy atom. The Hall–Kier alpha value is -3.22. The normalized spacial score (nSPS) is 26.2. The van der Waals surface area contributed by atoms with Crippen LogP contribution in [0.25, 0.3) is 11.1 Å². The van der Waals surface area contributed by atoms with Crippen molar-refractivity contribution >= 4 is 18.8 Å². The van der Waals surface area contributed by atoms with Crippen LogP contribution in [0.4, 0.5) is 0 Å². The van der Waals surface area contributed by atoms with Crippen LogP contribution in [0.1, 0.15) is 81.3 Å². The van der Waals surface area contributed by atoms with Crippen LogP contribution >= 0.6 is 0 Å². The van der Waals surface area contributed by atoms with Crippen LogP contribution in [-0.4, -0.2) is 36.0 Å². The van der Waals surface area contributed by atoms with Gasteiger partial charge in [-0.2, -0.15) is 0 Å². The van der Waals surface area contributed by atoms with Crippen LogP contribution in [0.15, 0.2) is 78.9 Å². The minimum absolute atomic E-state index is 0.0356. The maximum atomic E-state index is 13.3. The first-order valence-corrected chi connectivity index (χ1v) is 15.6. The van der Waals surface area contributed by atoms with Crippen LogP contribution in [0.5, 0.6) is 0 Å². The molecular weight excluding hydrogens is 521 g/mol. The van der Waals surface area contributed by atoms with E-state index in [9.17, 15) is 9.59 Å². The molecule has 42 heavy (non-hydrogen) atoms. The minimum Gasteiger partial charge on any atom is -0.402 e. The van der Waals surface area contributed by atoms with E-state index >= 15 is 0 Å². The summed E-state index contributed by atoms with van der Waals surface area (Å²) in [5.74, 6) is 0.105. The molecule has 3 unspecified atom stereocenters. The average Bonchev–Trinajstić information content (AvgIpc) is 3.36. The van der Waals surface area contributed by atoms with E-state index in [2.05, 4.69) is 57.3 Å². The molecule has 4 aliphatic rings. The Bertz CT molecular complexity index is 1450.